The second-order valence-electron chi connectivity index (χ2n) is 6.12. The van der Waals surface area contributed by atoms with Gasteiger partial charge in [-0.3, -0.25) is 4.79 Å². The van der Waals surface area contributed by atoms with Crippen molar-refractivity contribution in [3.05, 3.63) is 35.4 Å². The molecule has 1 aliphatic rings. The van der Waals surface area contributed by atoms with Crippen LogP contribution in [0.5, 0.6) is 0 Å². The molecular weight excluding hydrogens is 318 g/mol. The Morgan fingerprint density at radius 3 is 2.17 bits per heavy atom. The molecular formula is C16H21NO5S. The molecule has 1 amide bonds. The number of sulfone groups is 1. The molecule has 1 saturated heterocycles. The summed E-state index contributed by atoms with van der Waals surface area (Å²) < 4.78 is 28.8. The van der Waals surface area contributed by atoms with Gasteiger partial charge in [0.15, 0.2) is 9.84 Å². The van der Waals surface area contributed by atoms with Gasteiger partial charge in [0.2, 0.25) is 0 Å². The summed E-state index contributed by atoms with van der Waals surface area (Å²) in [7, 11) is -1.86. The average molecular weight is 339 g/mol. The zero-order chi connectivity index (χ0) is 17.2. The van der Waals surface area contributed by atoms with Gasteiger partial charge in [0.05, 0.1) is 23.7 Å². The Hall–Kier alpha value is -1.89. The lowest BCUT2D eigenvalue weighted by molar-refractivity contribution is 0.0598. The summed E-state index contributed by atoms with van der Waals surface area (Å²) in [6, 6.07) is 6.13. The van der Waals surface area contributed by atoms with Gasteiger partial charge in [-0.1, -0.05) is 13.8 Å². The standard InChI is InChI=1S/C16H21NO5S/c1-11(2)10-23(20,21)14-8-17(9-14)15(18)12-4-6-13(7-5-12)16(19)22-3/h4-7,11,14H,8-10H2,1-3H3. The van der Waals surface area contributed by atoms with E-state index in [4.69, 9.17) is 0 Å². The largest absolute Gasteiger partial charge is 0.465 e. The number of hydrogen-bond donors (Lipinski definition) is 0. The molecule has 0 aliphatic carbocycles. The quantitative estimate of drug-likeness (QED) is 0.757. The molecule has 0 saturated carbocycles. The molecule has 0 atom stereocenters. The Kier molecular flexibility index (Phi) is 5.09. The van der Waals surface area contributed by atoms with E-state index in [9.17, 15) is 18.0 Å². The van der Waals surface area contributed by atoms with Crippen LogP contribution in [0.2, 0.25) is 0 Å². The van der Waals surface area contributed by atoms with Crippen molar-refractivity contribution in [2.75, 3.05) is 26.0 Å². The third-order valence-corrected chi connectivity index (χ3v) is 6.21. The Balaban J connectivity index is 1.98. The van der Waals surface area contributed by atoms with Gasteiger partial charge in [-0.2, -0.15) is 0 Å². The number of rotatable bonds is 5. The molecule has 0 aromatic heterocycles. The number of carbonyl (C=O) groups is 2. The minimum absolute atomic E-state index is 0.0793. The molecule has 6 nitrogen and oxygen atoms in total. The highest BCUT2D eigenvalue weighted by molar-refractivity contribution is 7.92. The van der Waals surface area contributed by atoms with Crippen LogP contribution in [0.1, 0.15) is 34.6 Å². The van der Waals surface area contributed by atoms with E-state index in [1.807, 2.05) is 13.8 Å². The maximum Gasteiger partial charge on any atom is 0.337 e. The van der Waals surface area contributed by atoms with Crippen LogP contribution >= 0.6 is 0 Å². The van der Waals surface area contributed by atoms with E-state index in [2.05, 4.69) is 4.74 Å². The second-order valence-corrected chi connectivity index (χ2v) is 8.45. The maximum absolute atomic E-state index is 12.3. The van der Waals surface area contributed by atoms with Gasteiger partial charge in [0.25, 0.3) is 5.91 Å². The Bertz CT molecular complexity index is 688. The number of nitrogens with zero attached hydrogens (tertiary/aromatic N) is 1. The summed E-state index contributed by atoms with van der Waals surface area (Å²) in [6.45, 7) is 4.18. The maximum atomic E-state index is 12.3. The number of benzene rings is 1. The number of amides is 1. The molecule has 126 valence electrons. The molecule has 1 heterocycles. The zero-order valence-corrected chi connectivity index (χ0v) is 14.3. The SMILES string of the molecule is COC(=O)c1ccc(C(=O)N2CC(S(=O)(=O)CC(C)C)C2)cc1. The number of likely N-dealkylation sites (tertiary alicyclic amines) is 1. The second kappa shape index (κ2) is 6.70. The number of methoxy groups -OCH3 is 1. The number of esters is 1. The highest BCUT2D eigenvalue weighted by atomic mass is 32.2. The van der Waals surface area contributed by atoms with Crippen LogP contribution in [0.4, 0.5) is 0 Å². The lowest BCUT2D eigenvalue weighted by atomic mass is 10.1. The summed E-state index contributed by atoms with van der Waals surface area (Å²) in [5.41, 5.74) is 0.794. The minimum Gasteiger partial charge on any atom is -0.465 e. The molecule has 0 bridgehead atoms. The van der Waals surface area contributed by atoms with Crippen molar-refractivity contribution in [3.8, 4) is 0 Å². The van der Waals surface area contributed by atoms with Crippen molar-refractivity contribution >= 4 is 21.7 Å². The average Bonchev–Trinajstić information content (AvgIpc) is 2.43. The highest BCUT2D eigenvalue weighted by Crippen LogP contribution is 2.21. The summed E-state index contributed by atoms with van der Waals surface area (Å²) in [6.07, 6.45) is 0. The lowest BCUT2D eigenvalue weighted by Crippen LogP contribution is -2.57. The predicted molar refractivity (Wildman–Crippen MR) is 86.1 cm³/mol. The molecule has 7 heteroatoms. The van der Waals surface area contributed by atoms with E-state index in [1.54, 1.807) is 12.1 Å². The van der Waals surface area contributed by atoms with E-state index in [1.165, 1.54) is 24.1 Å². The molecule has 0 radical (unpaired) electrons. The number of carbonyl (C=O) groups excluding carboxylic acids is 2. The first-order valence-electron chi connectivity index (χ1n) is 7.44. The van der Waals surface area contributed by atoms with Crippen molar-refractivity contribution < 1.29 is 22.7 Å². The summed E-state index contributed by atoms with van der Waals surface area (Å²) >= 11 is 0. The van der Waals surface area contributed by atoms with Gasteiger partial charge in [0, 0.05) is 18.7 Å². The summed E-state index contributed by atoms with van der Waals surface area (Å²) in [4.78, 5) is 25.1. The number of hydrogen-bond acceptors (Lipinski definition) is 5. The third kappa shape index (κ3) is 3.90. The van der Waals surface area contributed by atoms with Crippen molar-refractivity contribution in [1.82, 2.24) is 4.90 Å². The molecule has 0 spiro atoms. The zero-order valence-electron chi connectivity index (χ0n) is 13.5. The topological polar surface area (TPSA) is 80.8 Å². The molecule has 1 aromatic carbocycles. The fraction of sp³-hybridized carbons (Fsp3) is 0.500. The first-order valence-corrected chi connectivity index (χ1v) is 9.15. The van der Waals surface area contributed by atoms with Crippen LogP contribution in [-0.4, -0.2) is 56.4 Å². The van der Waals surface area contributed by atoms with Crippen molar-refractivity contribution in [1.29, 1.82) is 0 Å². The van der Waals surface area contributed by atoms with Gasteiger partial charge in [-0.15, -0.1) is 0 Å². The van der Waals surface area contributed by atoms with Gasteiger partial charge in [0.1, 0.15) is 0 Å². The van der Waals surface area contributed by atoms with Crippen LogP contribution < -0.4 is 0 Å². The fourth-order valence-electron chi connectivity index (χ4n) is 2.48. The van der Waals surface area contributed by atoms with Crippen LogP contribution in [0.25, 0.3) is 0 Å². The van der Waals surface area contributed by atoms with Gasteiger partial charge in [-0.25, -0.2) is 13.2 Å². The van der Waals surface area contributed by atoms with E-state index >= 15 is 0 Å². The van der Waals surface area contributed by atoms with Crippen LogP contribution in [0.3, 0.4) is 0 Å². The smallest absolute Gasteiger partial charge is 0.337 e. The van der Waals surface area contributed by atoms with E-state index < -0.39 is 21.1 Å². The van der Waals surface area contributed by atoms with Crippen molar-refractivity contribution in [2.24, 2.45) is 5.92 Å². The number of ether oxygens (including phenoxy) is 1. The monoisotopic (exact) mass is 339 g/mol. The third-order valence-electron chi connectivity index (χ3n) is 3.76. The Labute approximate surface area is 136 Å². The summed E-state index contributed by atoms with van der Waals surface area (Å²) in [5.74, 6) is -0.464. The van der Waals surface area contributed by atoms with Crippen molar-refractivity contribution in [3.63, 3.8) is 0 Å². The predicted octanol–water partition coefficient (Wildman–Crippen LogP) is 1.37. The summed E-state index contributed by atoms with van der Waals surface area (Å²) in [5, 5.41) is -0.469. The van der Waals surface area contributed by atoms with Gasteiger partial charge in [-0.05, 0) is 30.2 Å². The molecule has 2 rings (SSSR count). The lowest BCUT2D eigenvalue weighted by Gasteiger charge is -2.39. The molecule has 23 heavy (non-hydrogen) atoms. The first-order chi connectivity index (χ1) is 10.7. The normalized spacial score (nSPS) is 15.4. The first kappa shape index (κ1) is 17.5. The molecule has 1 fully saturated rings. The van der Waals surface area contributed by atoms with E-state index in [-0.39, 0.29) is 30.7 Å². The highest BCUT2D eigenvalue weighted by Gasteiger charge is 2.39. The molecule has 0 N–H and O–H groups in total. The Morgan fingerprint density at radius 1 is 1.17 bits per heavy atom. The van der Waals surface area contributed by atoms with Crippen LogP contribution in [0.15, 0.2) is 24.3 Å². The van der Waals surface area contributed by atoms with E-state index in [0.717, 1.165) is 0 Å². The molecule has 0 unspecified atom stereocenters. The Morgan fingerprint density at radius 2 is 1.70 bits per heavy atom. The van der Waals surface area contributed by atoms with Crippen LogP contribution in [0, 0.1) is 5.92 Å². The van der Waals surface area contributed by atoms with E-state index in [0.29, 0.717) is 11.1 Å². The van der Waals surface area contributed by atoms with Crippen LogP contribution in [-0.2, 0) is 14.6 Å². The minimum atomic E-state index is -3.15. The van der Waals surface area contributed by atoms with Crippen molar-refractivity contribution in [2.45, 2.75) is 19.1 Å². The molecule has 1 aliphatic heterocycles. The van der Waals surface area contributed by atoms with Gasteiger partial charge >= 0.3 is 5.97 Å². The fourth-order valence-corrected chi connectivity index (χ4v) is 4.50. The molecule has 1 aromatic rings. The van der Waals surface area contributed by atoms with Gasteiger partial charge < -0.3 is 9.64 Å².